The Bertz CT molecular complexity index is 553. The summed E-state index contributed by atoms with van der Waals surface area (Å²) < 4.78 is 24.4. The molecular weight excluding hydrogens is 262 g/mol. The summed E-state index contributed by atoms with van der Waals surface area (Å²) in [4.78, 5) is 0. The van der Waals surface area contributed by atoms with Gasteiger partial charge in [0.1, 0.15) is 11.6 Å². The van der Waals surface area contributed by atoms with Crippen LogP contribution in [-0.4, -0.2) is 18.2 Å². The first-order valence-electron chi connectivity index (χ1n) is 5.46. The molecule has 0 N–H and O–H groups in total. The molecule has 17 heavy (non-hydrogen) atoms. The Balaban J connectivity index is 2.48. The molecule has 1 saturated carbocycles. The van der Waals surface area contributed by atoms with E-state index in [0.717, 1.165) is 32.1 Å². The van der Waals surface area contributed by atoms with E-state index < -0.39 is 9.05 Å². The van der Waals surface area contributed by atoms with Gasteiger partial charge in [0, 0.05) is 10.7 Å². The molecule has 0 aromatic carbocycles. The zero-order chi connectivity index (χ0) is 12.5. The van der Waals surface area contributed by atoms with E-state index in [0.29, 0.717) is 0 Å². The number of hydrogen-bond donors (Lipinski definition) is 0. The highest BCUT2D eigenvalue weighted by atomic mass is 35.7. The normalized spacial score (nSPS) is 17.9. The monoisotopic (exact) mass is 273 g/mol. The molecule has 1 aliphatic carbocycles. The lowest BCUT2D eigenvalue weighted by atomic mass is 9.96. The number of aromatic nitrogens is 2. The van der Waals surface area contributed by atoms with Crippen LogP contribution in [0.15, 0.2) is 11.2 Å². The minimum Gasteiger partial charge on any atom is -0.249 e. The topological polar surface area (TPSA) is 75.8 Å². The molecule has 7 heteroatoms. The van der Waals surface area contributed by atoms with Crippen molar-refractivity contribution in [1.82, 2.24) is 9.78 Å². The van der Waals surface area contributed by atoms with E-state index in [1.54, 1.807) is 0 Å². The molecule has 2 rings (SSSR count). The Hall–Kier alpha value is -1.06. The molecule has 0 saturated heterocycles. The summed E-state index contributed by atoms with van der Waals surface area (Å²) in [5.74, 6) is 0. The van der Waals surface area contributed by atoms with E-state index in [1.165, 1.54) is 10.9 Å². The van der Waals surface area contributed by atoms with Gasteiger partial charge in [0.25, 0.3) is 9.05 Å². The molecule has 0 aliphatic heterocycles. The smallest absolute Gasteiger partial charge is 0.249 e. The molecule has 1 heterocycles. The van der Waals surface area contributed by atoms with Crippen molar-refractivity contribution in [2.75, 3.05) is 0 Å². The maximum absolute atomic E-state index is 11.5. The minimum atomic E-state index is -3.93. The van der Waals surface area contributed by atoms with E-state index in [1.807, 2.05) is 6.07 Å². The van der Waals surface area contributed by atoms with Crippen LogP contribution in [0, 0.1) is 11.3 Å². The molecule has 0 bridgehead atoms. The van der Waals surface area contributed by atoms with Crippen LogP contribution in [0.2, 0.25) is 0 Å². The molecule has 5 nitrogen and oxygen atoms in total. The van der Waals surface area contributed by atoms with Crippen molar-refractivity contribution in [1.29, 1.82) is 5.26 Å². The van der Waals surface area contributed by atoms with Crippen LogP contribution in [-0.2, 0) is 9.05 Å². The standard InChI is InChI=1S/C10H12ClN3O2S/c11-17(15,16)10-8(6-12)7-13-14(10)9-4-2-1-3-5-9/h7,9H,1-5H2. The summed E-state index contributed by atoms with van der Waals surface area (Å²) in [6, 6.07) is 1.85. The Morgan fingerprint density at radius 2 is 2.06 bits per heavy atom. The predicted octanol–water partition coefficient (Wildman–Crippen LogP) is 2.19. The molecular formula is C10H12ClN3O2S. The Kier molecular flexibility index (Phi) is 3.40. The highest BCUT2D eigenvalue weighted by Gasteiger charge is 2.27. The second-order valence-electron chi connectivity index (χ2n) is 4.15. The van der Waals surface area contributed by atoms with Gasteiger partial charge in [-0.25, -0.2) is 13.1 Å². The van der Waals surface area contributed by atoms with E-state index >= 15 is 0 Å². The second-order valence-corrected chi connectivity index (χ2v) is 6.63. The maximum Gasteiger partial charge on any atom is 0.279 e. The van der Waals surface area contributed by atoms with E-state index in [-0.39, 0.29) is 16.6 Å². The van der Waals surface area contributed by atoms with Crippen LogP contribution in [0.25, 0.3) is 0 Å². The predicted molar refractivity (Wildman–Crippen MR) is 62.1 cm³/mol. The summed E-state index contributed by atoms with van der Waals surface area (Å²) >= 11 is 0. The molecule has 0 atom stereocenters. The van der Waals surface area contributed by atoms with Crippen LogP contribution >= 0.6 is 10.7 Å². The Labute approximate surface area is 104 Å². The second kappa shape index (κ2) is 4.67. The molecule has 0 radical (unpaired) electrons. The lowest BCUT2D eigenvalue weighted by molar-refractivity contribution is 0.311. The summed E-state index contributed by atoms with van der Waals surface area (Å²) in [5, 5.41) is 12.7. The SMILES string of the molecule is N#Cc1cnn(C2CCCCC2)c1S(=O)(=O)Cl. The molecule has 1 aliphatic rings. The average Bonchev–Trinajstić information content (AvgIpc) is 2.73. The average molecular weight is 274 g/mol. The van der Waals surface area contributed by atoms with Gasteiger partial charge in [0.05, 0.1) is 12.2 Å². The van der Waals surface area contributed by atoms with Gasteiger partial charge in [-0.05, 0) is 12.8 Å². The quantitative estimate of drug-likeness (QED) is 0.774. The maximum atomic E-state index is 11.5. The fourth-order valence-corrected chi connectivity index (χ4v) is 3.50. The largest absolute Gasteiger partial charge is 0.279 e. The molecule has 0 unspecified atom stereocenters. The summed E-state index contributed by atoms with van der Waals surface area (Å²) in [6.07, 6.45) is 6.29. The van der Waals surface area contributed by atoms with E-state index in [4.69, 9.17) is 15.9 Å². The zero-order valence-corrected chi connectivity index (χ0v) is 10.7. The highest BCUT2D eigenvalue weighted by Crippen LogP contribution is 2.31. The van der Waals surface area contributed by atoms with Gasteiger partial charge >= 0.3 is 0 Å². The van der Waals surface area contributed by atoms with Crippen molar-refractivity contribution >= 4 is 19.7 Å². The Morgan fingerprint density at radius 3 is 2.59 bits per heavy atom. The van der Waals surface area contributed by atoms with E-state index in [9.17, 15) is 8.42 Å². The van der Waals surface area contributed by atoms with Crippen molar-refractivity contribution in [2.45, 2.75) is 43.2 Å². The third kappa shape index (κ3) is 2.45. The molecule has 0 amide bonds. The summed E-state index contributed by atoms with van der Waals surface area (Å²) in [5.41, 5.74) is 0.0190. The molecule has 0 spiro atoms. The van der Waals surface area contributed by atoms with Gasteiger partial charge in [-0.15, -0.1) is 0 Å². The number of nitrogens with zero attached hydrogens (tertiary/aromatic N) is 3. The van der Waals surface area contributed by atoms with Crippen LogP contribution < -0.4 is 0 Å². The van der Waals surface area contributed by atoms with Crippen LogP contribution in [0.1, 0.15) is 43.7 Å². The first-order valence-corrected chi connectivity index (χ1v) is 7.77. The van der Waals surface area contributed by atoms with Gasteiger partial charge in [-0.3, -0.25) is 0 Å². The molecule has 1 aromatic rings. The van der Waals surface area contributed by atoms with Crippen LogP contribution in [0.5, 0.6) is 0 Å². The van der Waals surface area contributed by atoms with Crippen LogP contribution in [0.4, 0.5) is 0 Å². The molecule has 92 valence electrons. The van der Waals surface area contributed by atoms with Gasteiger partial charge in [0.2, 0.25) is 0 Å². The third-order valence-corrected chi connectivity index (χ3v) is 4.33. The lowest BCUT2D eigenvalue weighted by Gasteiger charge is -2.23. The van der Waals surface area contributed by atoms with E-state index in [2.05, 4.69) is 5.10 Å². The summed E-state index contributed by atoms with van der Waals surface area (Å²) in [7, 11) is 1.44. The van der Waals surface area contributed by atoms with Crippen molar-refractivity contribution < 1.29 is 8.42 Å². The van der Waals surface area contributed by atoms with Gasteiger partial charge in [-0.2, -0.15) is 10.4 Å². The number of nitriles is 1. The van der Waals surface area contributed by atoms with Crippen molar-refractivity contribution in [3.63, 3.8) is 0 Å². The lowest BCUT2D eigenvalue weighted by Crippen LogP contribution is -2.17. The van der Waals surface area contributed by atoms with Gasteiger partial charge in [-0.1, -0.05) is 19.3 Å². The Morgan fingerprint density at radius 1 is 1.41 bits per heavy atom. The van der Waals surface area contributed by atoms with Crippen molar-refractivity contribution in [3.05, 3.63) is 11.8 Å². The highest BCUT2D eigenvalue weighted by molar-refractivity contribution is 8.13. The molecule has 1 aromatic heterocycles. The van der Waals surface area contributed by atoms with Gasteiger partial charge < -0.3 is 0 Å². The summed E-state index contributed by atoms with van der Waals surface area (Å²) in [6.45, 7) is 0. The first kappa shape index (κ1) is 12.4. The number of hydrogen-bond acceptors (Lipinski definition) is 4. The minimum absolute atomic E-state index is 0.0190. The van der Waals surface area contributed by atoms with Crippen molar-refractivity contribution in [2.24, 2.45) is 0 Å². The van der Waals surface area contributed by atoms with Gasteiger partial charge in [0.15, 0.2) is 5.03 Å². The van der Waals surface area contributed by atoms with Crippen molar-refractivity contribution in [3.8, 4) is 6.07 Å². The molecule has 1 fully saturated rings. The van der Waals surface area contributed by atoms with Crippen LogP contribution in [0.3, 0.4) is 0 Å². The fourth-order valence-electron chi connectivity index (χ4n) is 2.26. The first-order chi connectivity index (χ1) is 8.04. The third-order valence-electron chi connectivity index (χ3n) is 3.02. The fraction of sp³-hybridized carbons (Fsp3) is 0.600. The number of rotatable bonds is 2. The zero-order valence-electron chi connectivity index (χ0n) is 9.13. The number of halogens is 1.